The predicted molar refractivity (Wildman–Crippen MR) is 122 cm³/mol. The van der Waals surface area contributed by atoms with Gasteiger partial charge in [-0.15, -0.1) is 23.5 Å². The lowest BCUT2D eigenvalue weighted by Gasteiger charge is -2.19. The van der Waals surface area contributed by atoms with Crippen LogP contribution in [0.4, 0.5) is 5.69 Å². The molecular weight excluding hydrogens is 424 g/mol. The molecule has 1 aromatic heterocycles. The number of carbonyl (C=O) groups is 1. The number of thioether (sulfide) groups is 2. The molecular formula is C20H24N4O4S2. The largest absolute Gasteiger partial charge is 0.494 e. The van der Waals surface area contributed by atoms with Gasteiger partial charge in [0.2, 0.25) is 5.91 Å². The molecule has 1 aliphatic rings. The lowest BCUT2D eigenvalue weighted by Crippen LogP contribution is -2.26. The van der Waals surface area contributed by atoms with E-state index in [0.717, 1.165) is 28.5 Å². The Balaban J connectivity index is 1.78. The molecule has 30 heavy (non-hydrogen) atoms. The first kappa shape index (κ1) is 22.2. The molecule has 2 heterocycles. The van der Waals surface area contributed by atoms with E-state index in [1.165, 1.54) is 19.2 Å². The summed E-state index contributed by atoms with van der Waals surface area (Å²) in [4.78, 5) is 22.8. The molecule has 1 saturated heterocycles. The average Bonchev–Trinajstić information content (AvgIpc) is 3.24. The number of hydrogen-bond donors (Lipinski definition) is 1. The van der Waals surface area contributed by atoms with Gasteiger partial charge in [-0.3, -0.25) is 14.9 Å². The van der Waals surface area contributed by atoms with Crippen LogP contribution in [0.25, 0.3) is 5.69 Å². The van der Waals surface area contributed by atoms with E-state index in [1.807, 2.05) is 48.0 Å². The number of hydrazone groups is 1. The maximum absolute atomic E-state index is 12.2. The number of aromatic nitrogens is 1. The molecule has 1 N–H and O–H groups in total. The van der Waals surface area contributed by atoms with Crippen molar-refractivity contribution in [2.45, 2.75) is 31.3 Å². The smallest absolute Gasteiger partial charge is 0.273 e. The zero-order valence-corrected chi connectivity index (χ0v) is 18.9. The molecule has 1 amide bonds. The van der Waals surface area contributed by atoms with Crippen molar-refractivity contribution < 1.29 is 14.5 Å². The van der Waals surface area contributed by atoms with Crippen LogP contribution in [0.5, 0.6) is 5.75 Å². The molecule has 0 saturated carbocycles. The van der Waals surface area contributed by atoms with Crippen molar-refractivity contribution in [3.63, 3.8) is 0 Å². The van der Waals surface area contributed by atoms with E-state index >= 15 is 0 Å². The highest BCUT2D eigenvalue weighted by atomic mass is 32.2. The zero-order chi connectivity index (χ0) is 21.9. The summed E-state index contributed by atoms with van der Waals surface area (Å²) in [5.41, 5.74) is 5.92. The lowest BCUT2D eigenvalue weighted by atomic mass is 10.2. The Kier molecular flexibility index (Phi) is 6.77. The van der Waals surface area contributed by atoms with E-state index in [-0.39, 0.29) is 15.7 Å². The number of rotatable bonds is 7. The minimum absolute atomic E-state index is 0.0326. The molecule has 0 radical (unpaired) electrons. The molecule has 0 bridgehead atoms. The fourth-order valence-corrected chi connectivity index (χ4v) is 6.25. The summed E-state index contributed by atoms with van der Waals surface area (Å²) >= 11 is 3.61. The number of benzene rings is 1. The third-order valence-corrected chi connectivity index (χ3v) is 8.15. The number of nitrogens with zero attached hydrogens (tertiary/aromatic N) is 3. The van der Waals surface area contributed by atoms with Crippen molar-refractivity contribution in [3.05, 3.63) is 51.3 Å². The van der Waals surface area contributed by atoms with Crippen LogP contribution in [0, 0.1) is 24.0 Å². The van der Waals surface area contributed by atoms with Crippen LogP contribution in [0.3, 0.4) is 0 Å². The standard InChI is InChI=1S/C20H24N4O4S2/c1-13-9-15(12-21-22-19(25)11-20(3)29-7-8-30-20)14(2)23(13)17-6-5-16(24(26)27)10-18(17)28-4/h5-6,9-10,12H,7-8,11H2,1-4H3,(H,22,25)/b21-12-. The van der Waals surface area contributed by atoms with Gasteiger partial charge in [0.15, 0.2) is 0 Å². The van der Waals surface area contributed by atoms with E-state index < -0.39 is 4.92 Å². The number of nitro groups is 1. The third-order valence-electron chi connectivity index (χ3n) is 4.86. The van der Waals surface area contributed by atoms with Crippen LogP contribution in [-0.2, 0) is 4.79 Å². The molecule has 8 nitrogen and oxygen atoms in total. The number of nitrogens with one attached hydrogen (secondary N) is 1. The molecule has 0 unspecified atom stereocenters. The van der Waals surface area contributed by atoms with Gasteiger partial charge in [-0.1, -0.05) is 0 Å². The summed E-state index contributed by atoms with van der Waals surface area (Å²) in [5.74, 6) is 2.43. The van der Waals surface area contributed by atoms with Crippen molar-refractivity contribution in [3.8, 4) is 11.4 Å². The molecule has 1 aliphatic heterocycles. The molecule has 3 rings (SSSR count). The summed E-state index contributed by atoms with van der Waals surface area (Å²) in [5, 5.41) is 15.2. The fourth-order valence-electron chi connectivity index (χ4n) is 3.42. The van der Waals surface area contributed by atoms with Gasteiger partial charge in [0.05, 0.1) is 40.5 Å². The molecule has 1 aromatic carbocycles. The lowest BCUT2D eigenvalue weighted by molar-refractivity contribution is -0.384. The Hall–Kier alpha value is -2.46. The summed E-state index contributed by atoms with van der Waals surface area (Å²) in [6, 6.07) is 6.46. The Morgan fingerprint density at radius 2 is 2.07 bits per heavy atom. The van der Waals surface area contributed by atoms with Gasteiger partial charge >= 0.3 is 0 Å². The molecule has 0 spiro atoms. The van der Waals surface area contributed by atoms with Gasteiger partial charge in [-0.2, -0.15) is 5.10 Å². The second-order valence-corrected chi connectivity index (χ2v) is 10.5. The number of methoxy groups -OCH3 is 1. The Labute approximate surface area is 183 Å². The second kappa shape index (κ2) is 9.13. The first-order valence-electron chi connectivity index (χ1n) is 9.35. The minimum atomic E-state index is -0.453. The molecule has 160 valence electrons. The number of amides is 1. The SMILES string of the molecule is COc1cc([N+](=O)[O-])ccc1-n1c(C)cc(/C=N\NC(=O)CC2(C)SCCS2)c1C. The molecule has 0 atom stereocenters. The van der Waals surface area contributed by atoms with Crippen LogP contribution in [0.1, 0.15) is 30.3 Å². The number of carbonyl (C=O) groups excluding carboxylic acids is 1. The molecule has 10 heteroatoms. The number of ether oxygens (including phenoxy) is 1. The maximum atomic E-state index is 12.2. The monoisotopic (exact) mass is 448 g/mol. The number of nitro benzene ring substituents is 1. The average molecular weight is 449 g/mol. The molecule has 0 aliphatic carbocycles. The van der Waals surface area contributed by atoms with Gasteiger partial charge in [0.1, 0.15) is 5.75 Å². The highest BCUT2D eigenvalue weighted by molar-refractivity contribution is 8.21. The normalized spacial score (nSPS) is 15.5. The van der Waals surface area contributed by atoms with Gasteiger partial charge in [0, 0.05) is 34.5 Å². The van der Waals surface area contributed by atoms with Crippen LogP contribution in [-0.4, -0.2) is 44.3 Å². The number of aryl methyl sites for hydroxylation is 1. The first-order chi connectivity index (χ1) is 14.2. The van der Waals surface area contributed by atoms with Crippen molar-refractivity contribution in [2.24, 2.45) is 5.10 Å². The van der Waals surface area contributed by atoms with Crippen molar-refractivity contribution in [1.82, 2.24) is 9.99 Å². The van der Waals surface area contributed by atoms with Crippen LogP contribution < -0.4 is 10.2 Å². The molecule has 2 aromatic rings. The quantitative estimate of drug-likeness (QED) is 0.390. The van der Waals surface area contributed by atoms with Gasteiger partial charge < -0.3 is 9.30 Å². The summed E-state index contributed by atoms with van der Waals surface area (Å²) in [7, 11) is 1.48. The van der Waals surface area contributed by atoms with Crippen LogP contribution in [0.2, 0.25) is 0 Å². The van der Waals surface area contributed by atoms with Crippen molar-refractivity contribution in [1.29, 1.82) is 0 Å². The predicted octanol–water partition coefficient (Wildman–Crippen LogP) is 4.05. The Morgan fingerprint density at radius 3 is 2.70 bits per heavy atom. The van der Waals surface area contributed by atoms with Gasteiger partial charge in [-0.05, 0) is 32.9 Å². The Morgan fingerprint density at radius 1 is 1.37 bits per heavy atom. The van der Waals surface area contributed by atoms with Crippen LogP contribution >= 0.6 is 23.5 Å². The highest BCUT2D eigenvalue weighted by Crippen LogP contribution is 2.45. The first-order valence-corrected chi connectivity index (χ1v) is 11.3. The van der Waals surface area contributed by atoms with E-state index in [4.69, 9.17) is 4.74 Å². The Bertz CT molecular complexity index is 997. The van der Waals surface area contributed by atoms with Gasteiger partial charge in [-0.25, -0.2) is 5.43 Å². The second-order valence-electron chi connectivity index (χ2n) is 7.08. The summed E-state index contributed by atoms with van der Waals surface area (Å²) in [6.45, 7) is 5.94. The van der Waals surface area contributed by atoms with Gasteiger partial charge in [0.25, 0.3) is 5.69 Å². The van der Waals surface area contributed by atoms with E-state index in [9.17, 15) is 14.9 Å². The van der Waals surface area contributed by atoms with Crippen LogP contribution in [0.15, 0.2) is 29.4 Å². The fraction of sp³-hybridized carbons (Fsp3) is 0.400. The maximum Gasteiger partial charge on any atom is 0.273 e. The van der Waals surface area contributed by atoms with E-state index in [0.29, 0.717) is 17.9 Å². The zero-order valence-electron chi connectivity index (χ0n) is 17.3. The van der Waals surface area contributed by atoms with E-state index in [1.54, 1.807) is 12.3 Å². The third kappa shape index (κ3) is 4.81. The number of hydrogen-bond acceptors (Lipinski definition) is 7. The van der Waals surface area contributed by atoms with Crippen molar-refractivity contribution in [2.75, 3.05) is 18.6 Å². The van der Waals surface area contributed by atoms with Crippen molar-refractivity contribution >= 4 is 41.3 Å². The van der Waals surface area contributed by atoms with E-state index in [2.05, 4.69) is 17.5 Å². The highest BCUT2D eigenvalue weighted by Gasteiger charge is 2.32. The molecule has 1 fully saturated rings. The topological polar surface area (TPSA) is 98.8 Å². The summed E-state index contributed by atoms with van der Waals surface area (Å²) in [6.07, 6.45) is 2.03. The summed E-state index contributed by atoms with van der Waals surface area (Å²) < 4.78 is 7.24. The number of non-ortho nitro benzene ring substituents is 1. The minimum Gasteiger partial charge on any atom is -0.494 e.